The Hall–Kier alpha value is -0.710. The minimum Gasteiger partial charge on any atom is -0.508 e. The number of halogens is 2. The Morgan fingerprint density at radius 1 is 1.25 bits per heavy atom. The van der Waals surface area contributed by atoms with Crippen molar-refractivity contribution in [3.63, 3.8) is 0 Å². The summed E-state index contributed by atoms with van der Waals surface area (Å²) in [6, 6.07) is 8.76. The summed E-state index contributed by atoms with van der Waals surface area (Å²) in [5.74, 6) is 0.257. The summed E-state index contributed by atoms with van der Waals surface area (Å²) in [5, 5.41) is 10.6. The van der Waals surface area contributed by atoms with Crippen molar-refractivity contribution in [1.29, 1.82) is 0 Å². The second-order valence-electron chi connectivity index (χ2n) is 3.04. The van der Waals surface area contributed by atoms with Crippen LogP contribution < -0.4 is 0 Å². The van der Waals surface area contributed by atoms with Crippen molar-refractivity contribution < 1.29 is 5.11 Å². The van der Waals surface area contributed by atoms with E-state index in [1.807, 2.05) is 12.1 Å². The molecule has 0 amide bonds. The van der Waals surface area contributed by atoms with E-state index < -0.39 is 0 Å². The molecule has 0 atom stereocenters. The number of hydrogen-bond acceptors (Lipinski definition) is 3. The van der Waals surface area contributed by atoms with Crippen molar-refractivity contribution in [1.82, 2.24) is 4.98 Å². The molecule has 0 unspecified atom stereocenters. The number of hydrogen-bond donors (Lipinski definition) is 1. The Morgan fingerprint density at radius 3 is 2.56 bits per heavy atom. The van der Waals surface area contributed by atoms with Gasteiger partial charge in [0.15, 0.2) is 0 Å². The third kappa shape index (κ3) is 2.90. The first-order valence-electron chi connectivity index (χ1n) is 4.43. The van der Waals surface area contributed by atoms with Gasteiger partial charge in [-0.2, -0.15) is 0 Å². The maximum absolute atomic E-state index is 9.16. The van der Waals surface area contributed by atoms with Gasteiger partial charge in [0.2, 0.25) is 0 Å². The zero-order valence-electron chi connectivity index (χ0n) is 8.02. The predicted octanol–water partition coefficient (Wildman–Crippen LogP) is 4.35. The Bertz CT molecular complexity index is 504. The zero-order valence-corrected chi connectivity index (χ0v) is 11.2. The second-order valence-corrected chi connectivity index (χ2v) is 5.39. The minimum atomic E-state index is 0.257. The molecule has 0 radical (unpaired) electrons. The standard InChI is InChI=1S/C11H7BrClNOS/c12-10-5-7(13)6-14-11(10)16-9-3-1-8(15)2-4-9/h1-6,15H. The molecule has 5 heteroatoms. The summed E-state index contributed by atoms with van der Waals surface area (Å²) < 4.78 is 0.859. The number of pyridine rings is 1. The van der Waals surface area contributed by atoms with Crippen LogP contribution in [0.1, 0.15) is 0 Å². The fourth-order valence-electron chi connectivity index (χ4n) is 1.10. The van der Waals surface area contributed by atoms with E-state index in [1.165, 1.54) is 11.8 Å². The highest BCUT2D eigenvalue weighted by atomic mass is 79.9. The summed E-state index contributed by atoms with van der Waals surface area (Å²) in [7, 11) is 0. The summed E-state index contributed by atoms with van der Waals surface area (Å²) in [6.45, 7) is 0. The highest BCUT2D eigenvalue weighted by Gasteiger charge is 2.04. The van der Waals surface area contributed by atoms with Crippen molar-refractivity contribution in [3.8, 4) is 5.75 Å². The van der Waals surface area contributed by atoms with Crippen LogP contribution >= 0.6 is 39.3 Å². The van der Waals surface area contributed by atoms with Crippen LogP contribution in [-0.4, -0.2) is 10.1 Å². The van der Waals surface area contributed by atoms with Crippen LogP contribution in [0.15, 0.2) is 50.9 Å². The van der Waals surface area contributed by atoms with E-state index in [0.717, 1.165) is 14.4 Å². The molecule has 1 heterocycles. The van der Waals surface area contributed by atoms with Crippen molar-refractivity contribution in [3.05, 3.63) is 46.0 Å². The van der Waals surface area contributed by atoms with Gasteiger partial charge < -0.3 is 5.11 Å². The largest absolute Gasteiger partial charge is 0.508 e. The summed E-state index contributed by atoms with van der Waals surface area (Å²) in [6.07, 6.45) is 1.61. The fraction of sp³-hybridized carbons (Fsp3) is 0. The lowest BCUT2D eigenvalue weighted by molar-refractivity contribution is 0.475. The zero-order chi connectivity index (χ0) is 11.5. The molecule has 2 nitrogen and oxygen atoms in total. The van der Waals surface area contributed by atoms with Crippen molar-refractivity contribution in [2.24, 2.45) is 0 Å². The van der Waals surface area contributed by atoms with Crippen molar-refractivity contribution in [2.45, 2.75) is 9.92 Å². The van der Waals surface area contributed by atoms with Gasteiger partial charge in [-0.15, -0.1) is 0 Å². The lowest BCUT2D eigenvalue weighted by Gasteiger charge is -2.03. The lowest BCUT2D eigenvalue weighted by atomic mass is 10.3. The molecule has 1 aromatic heterocycles. The third-order valence-corrected chi connectivity index (χ3v) is 3.93. The van der Waals surface area contributed by atoms with Crippen molar-refractivity contribution >= 4 is 39.3 Å². The van der Waals surface area contributed by atoms with Crippen LogP contribution in [0.5, 0.6) is 5.75 Å². The maximum Gasteiger partial charge on any atom is 0.115 e. The van der Waals surface area contributed by atoms with E-state index in [1.54, 1.807) is 24.4 Å². The van der Waals surface area contributed by atoms with Gasteiger partial charge in [0.25, 0.3) is 0 Å². The first-order valence-corrected chi connectivity index (χ1v) is 6.42. The molecule has 2 aromatic rings. The molecule has 0 saturated heterocycles. The van der Waals surface area contributed by atoms with E-state index >= 15 is 0 Å². The van der Waals surface area contributed by atoms with Crippen LogP contribution in [0, 0.1) is 0 Å². The van der Waals surface area contributed by atoms with Gasteiger partial charge in [-0.1, -0.05) is 23.4 Å². The molecule has 1 aromatic carbocycles. The smallest absolute Gasteiger partial charge is 0.115 e. The fourth-order valence-corrected chi connectivity index (χ4v) is 2.74. The molecule has 16 heavy (non-hydrogen) atoms. The molecule has 0 aliphatic rings. The Balaban J connectivity index is 2.23. The van der Waals surface area contributed by atoms with Crippen LogP contribution in [-0.2, 0) is 0 Å². The van der Waals surface area contributed by atoms with Crippen LogP contribution in [0.3, 0.4) is 0 Å². The van der Waals surface area contributed by atoms with E-state index in [-0.39, 0.29) is 5.75 Å². The maximum atomic E-state index is 9.16. The van der Waals surface area contributed by atoms with E-state index in [0.29, 0.717) is 5.02 Å². The van der Waals surface area contributed by atoms with Crippen LogP contribution in [0.2, 0.25) is 5.02 Å². The number of aromatic hydroxyl groups is 1. The molecule has 0 fully saturated rings. The first kappa shape index (κ1) is 11.8. The van der Waals surface area contributed by atoms with E-state index in [9.17, 15) is 0 Å². The van der Waals surface area contributed by atoms with Gasteiger partial charge in [0.05, 0.1) is 9.50 Å². The topological polar surface area (TPSA) is 33.1 Å². The SMILES string of the molecule is Oc1ccc(Sc2ncc(Cl)cc2Br)cc1. The van der Waals surface area contributed by atoms with E-state index in [2.05, 4.69) is 20.9 Å². The summed E-state index contributed by atoms with van der Waals surface area (Å²) in [5.41, 5.74) is 0. The Labute approximate surface area is 111 Å². The van der Waals surface area contributed by atoms with Gasteiger partial charge in [-0.3, -0.25) is 0 Å². The second kappa shape index (κ2) is 5.08. The number of rotatable bonds is 2. The lowest BCUT2D eigenvalue weighted by Crippen LogP contribution is -1.81. The number of aromatic nitrogens is 1. The van der Waals surface area contributed by atoms with Crippen molar-refractivity contribution in [2.75, 3.05) is 0 Å². The van der Waals surface area contributed by atoms with Gasteiger partial charge in [0, 0.05) is 11.1 Å². The minimum absolute atomic E-state index is 0.257. The molecular weight excluding hydrogens is 310 g/mol. The molecule has 0 bridgehead atoms. The molecule has 0 spiro atoms. The Morgan fingerprint density at radius 2 is 1.94 bits per heavy atom. The first-order chi connectivity index (χ1) is 7.65. The van der Waals surface area contributed by atoms with Gasteiger partial charge >= 0.3 is 0 Å². The normalized spacial score (nSPS) is 10.4. The third-order valence-electron chi connectivity index (χ3n) is 1.83. The molecule has 82 valence electrons. The summed E-state index contributed by atoms with van der Waals surface area (Å²) in [4.78, 5) is 5.22. The number of phenols is 1. The molecule has 0 aliphatic heterocycles. The molecule has 0 saturated carbocycles. The van der Waals surface area contributed by atoms with Gasteiger partial charge in [-0.05, 0) is 46.3 Å². The molecule has 0 aliphatic carbocycles. The summed E-state index contributed by atoms with van der Waals surface area (Å²) >= 11 is 10.7. The number of phenolic OH excluding ortho intramolecular Hbond substituents is 1. The quantitative estimate of drug-likeness (QED) is 0.894. The molecule has 2 rings (SSSR count). The highest BCUT2D eigenvalue weighted by Crippen LogP contribution is 2.33. The van der Waals surface area contributed by atoms with Crippen LogP contribution in [0.4, 0.5) is 0 Å². The van der Waals surface area contributed by atoms with E-state index in [4.69, 9.17) is 16.7 Å². The van der Waals surface area contributed by atoms with Gasteiger partial charge in [-0.25, -0.2) is 4.98 Å². The molecular formula is C11H7BrClNOS. The monoisotopic (exact) mass is 315 g/mol. The Kier molecular flexibility index (Phi) is 3.74. The predicted molar refractivity (Wildman–Crippen MR) is 69.2 cm³/mol. The molecule has 1 N–H and O–H groups in total. The average molecular weight is 317 g/mol. The van der Waals surface area contributed by atoms with Gasteiger partial charge in [0.1, 0.15) is 10.8 Å². The number of nitrogens with zero attached hydrogens (tertiary/aromatic N) is 1. The average Bonchev–Trinajstić information content (AvgIpc) is 2.25. The highest BCUT2D eigenvalue weighted by molar-refractivity contribution is 9.10. The number of benzene rings is 1. The van der Waals surface area contributed by atoms with Crippen LogP contribution in [0.25, 0.3) is 0 Å².